The molecular weight excluding hydrogens is 232 g/mol. The second-order valence-electron chi connectivity index (χ2n) is 4.15. The second-order valence-corrected chi connectivity index (χ2v) is 5.26. The first-order chi connectivity index (χ1) is 8.19. The minimum atomic E-state index is 0.278. The number of nitrogens with zero attached hydrogens (tertiary/aromatic N) is 1. The quantitative estimate of drug-likeness (QED) is 0.612. The number of thioether (sulfide) groups is 1. The summed E-state index contributed by atoms with van der Waals surface area (Å²) in [4.78, 5) is 13.6. The first kappa shape index (κ1) is 16.8. The normalized spacial score (nSPS) is 12.5. The van der Waals surface area contributed by atoms with E-state index in [0.29, 0.717) is 11.8 Å². The van der Waals surface area contributed by atoms with Crippen molar-refractivity contribution in [1.29, 1.82) is 0 Å². The average molecular weight is 260 g/mol. The van der Waals surface area contributed by atoms with Crippen LogP contribution in [0.5, 0.6) is 0 Å². The Labute approximate surface area is 111 Å². The van der Waals surface area contributed by atoms with E-state index >= 15 is 0 Å². The molecule has 1 atom stereocenters. The number of hydrogen-bond donors (Lipinski definition) is 1. The lowest BCUT2D eigenvalue weighted by atomic mass is 10.1. The van der Waals surface area contributed by atoms with E-state index in [1.807, 2.05) is 25.8 Å². The summed E-state index contributed by atoms with van der Waals surface area (Å²) in [6.07, 6.45) is 3.58. The molecular formula is C13H28N2OS. The number of carbonyl (C=O) groups excluding carboxylic acids is 1. The molecule has 3 nitrogen and oxygen atoms in total. The van der Waals surface area contributed by atoms with Crippen molar-refractivity contribution in [1.82, 2.24) is 10.2 Å². The lowest BCUT2D eigenvalue weighted by Crippen LogP contribution is -2.32. The van der Waals surface area contributed by atoms with Gasteiger partial charge in [-0.25, -0.2) is 0 Å². The molecule has 0 aromatic heterocycles. The molecule has 0 aliphatic carbocycles. The molecule has 0 bridgehead atoms. The van der Waals surface area contributed by atoms with Gasteiger partial charge >= 0.3 is 0 Å². The second kappa shape index (κ2) is 10.9. The summed E-state index contributed by atoms with van der Waals surface area (Å²) in [5.41, 5.74) is 0. The Balaban J connectivity index is 3.54. The van der Waals surface area contributed by atoms with Crippen LogP contribution in [0.4, 0.5) is 0 Å². The van der Waals surface area contributed by atoms with Crippen LogP contribution in [-0.4, -0.2) is 48.5 Å². The number of hydrogen-bond acceptors (Lipinski definition) is 3. The van der Waals surface area contributed by atoms with Gasteiger partial charge in [0.2, 0.25) is 5.91 Å². The van der Waals surface area contributed by atoms with Crippen LogP contribution in [0.3, 0.4) is 0 Å². The lowest BCUT2D eigenvalue weighted by molar-refractivity contribution is -0.127. The van der Waals surface area contributed by atoms with Gasteiger partial charge in [0.15, 0.2) is 0 Å². The van der Waals surface area contributed by atoms with Gasteiger partial charge in [0, 0.05) is 19.1 Å². The highest BCUT2D eigenvalue weighted by molar-refractivity contribution is 7.99. The molecule has 0 saturated heterocycles. The Morgan fingerprint density at radius 3 is 2.41 bits per heavy atom. The maximum absolute atomic E-state index is 11.7. The zero-order valence-electron chi connectivity index (χ0n) is 11.8. The fourth-order valence-corrected chi connectivity index (χ4v) is 2.68. The summed E-state index contributed by atoms with van der Waals surface area (Å²) in [6.45, 7) is 7.93. The van der Waals surface area contributed by atoms with Gasteiger partial charge in [0.1, 0.15) is 0 Å². The Hall–Kier alpha value is -0.220. The lowest BCUT2D eigenvalue weighted by Gasteiger charge is -2.18. The third kappa shape index (κ3) is 7.66. The third-order valence-electron chi connectivity index (χ3n) is 3.08. The average Bonchev–Trinajstić information content (AvgIpc) is 2.35. The Kier molecular flexibility index (Phi) is 10.8. The van der Waals surface area contributed by atoms with Crippen molar-refractivity contribution in [3.05, 3.63) is 0 Å². The predicted molar refractivity (Wildman–Crippen MR) is 77.6 cm³/mol. The van der Waals surface area contributed by atoms with Crippen LogP contribution in [0.2, 0.25) is 0 Å². The van der Waals surface area contributed by atoms with E-state index in [0.717, 1.165) is 18.8 Å². The highest BCUT2D eigenvalue weighted by Crippen LogP contribution is 2.09. The predicted octanol–water partition coefficient (Wildman–Crippen LogP) is 2.37. The van der Waals surface area contributed by atoms with E-state index in [1.165, 1.54) is 19.3 Å². The molecule has 102 valence electrons. The van der Waals surface area contributed by atoms with Crippen molar-refractivity contribution in [2.45, 2.75) is 46.1 Å². The van der Waals surface area contributed by atoms with Crippen LogP contribution in [0.25, 0.3) is 0 Å². The summed E-state index contributed by atoms with van der Waals surface area (Å²) >= 11 is 1.76. The van der Waals surface area contributed by atoms with E-state index in [4.69, 9.17) is 0 Å². The zero-order valence-corrected chi connectivity index (χ0v) is 12.6. The van der Waals surface area contributed by atoms with Crippen molar-refractivity contribution in [3.63, 3.8) is 0 Å². The summed E-state index contributed by atoms with van der Waals surface area (Å²) in [7, 11) is 2.02. The minimum Gasteiger partial charge on any atom is -0.343 e. The molecule has 0 spiro atoms. The SMILES string of the molecule is CCC(CCCSCC(=O)N(CC)CC)NC. The van der Waals surface area contributed by atoms with E-state index in [-0.39, 0.29) is 5.91 Å². The molecule has 1 unspecified atom stereocenters. The molecule has 0 saturated carbocycles. The number of amides is 1. The largest absolute Gasteiger partial charge is 0.343 e. The molecule has 17 heavy (non-hydrogen) atoms. The molecule has 0 radical (unpaired) electrons. The van der Waals surface area contributed by atoms with Gasteiger partial charge in [0.05, 0.1) is 5.75 Å². The third-order valence-corrected chi connectivity index (χ3v) is 4.11. The maximum Gasteiger partial charge on any atom is 0.232 e. The first-order valence-corrected chi connectivity index (χ1v) is 7.87. The fraction of sp³-hybridized carbons (Fsp3) is 0.923. The van der Waals surface area contributed by atoms with Gasteiger partial charge in [-0.2, -0.15) is 11.8 Å². The number of rotatable bonds is 10. The summed E-state index contributed by atoms with van der Waals surface area (Å²) in [5.74, 6) is 2.00. The van der Waals surface area contributed by atoms with E-state index < -0.39 is 0 Å². The van der Waals surface area contributed by atoms with Crippen LogP contribution >= 0.6 is 11.8 Å². The molecule has 1 amide bonds. The highest BCUT2D eigenvalue weighted by Gasteiger charge is 2.09. The Bertz CT molecular complexity index is 192. The van der Waals surface area contributed by atoms with Crippen molar-refractivity contribution < 1.29 is 4.79 Å². The van der Waals surface area contributed by atoms with Gasteiger partial charge in [-0.3, -0.25) is 4.79 Å². The molecule has 0 fully saturated rings. The van der Waals surface area contributed by atoms with E-state index in [9.17, 15) is 4.79 Å². The van der Waals surface area contributed by atoms with E-state index in [2.05, 4.69) is 12.2 Å². The van der Waals surface area contributed by atoms with E-state index in [1.54, 1.807) is 11.8 Å². The van der Waals surface area contributed by atoms with Gasteiger partial charge < -0.3 is 10.2 Å². The zero-order chi connectivity index (χ0) is 13.1. The fourth-order valence-electron chi connectivity index (χ4n) is 1.81. The van der Waals surface area contributed by atoms with Crippen molar-refractivity contribution in [3.8, 4) is 0 Å². The van der Waals surface area contributed by atoms with Crippen LogP contribution in [-0.2, 0) is 4.79 Å². The standard InChI is InChI=1S/C13H28N2OS/c1-5-12(14-4)9-8-10-17-11-13(16)15(6-2)7-3/h12,14H,5-11H2,1-4H3. The monoisotopic (exact) mass is 260 g/mol. The summed E-state index contributed by atoms with van der Waals surface area (Å²) in [6, 6.07) is 0.633. The Morgan fingerprint density at radius 2 is 1.94 bits per heavy atom. The molecule has 1 N–H and O–H groups in total. The highest BCUT2D eigenvalue weighted by atomic mass is 32.2. The molecule has 0 heterocycles. The molecule has 4 heteroatoms. The van der Waals surface area contributed by atoms with Gasteiger partial charge in [-0.1, -0.05) is 6.92 Å². The molecule has 0 aromatic carbocycles. The topological polar surface area (TPSA) is 32.3 Å². The number of carbonyl (C=O) groups is 1. The van der Waals surface area contributed by atoms with Crippen LogP contribution < -0.4 is 5.32 Å². The Morgan fingerprint density at radius 1 is 1.29 bits per heavy atom. The van der Waals surface area contributed by atoms with Gasteiger partial charge in [0.25, 0.3) is 0 Å². The van der Waals surface area contributed by atoms with Crippen molar-refractivity contribution in [2.75, 3.05) is 31.6 Å². The smallest absolute Gasteiger partial charge is 0.232 e. The molecule has 0 aromatic rings. The molecule has 0 rings (SSSR count). The van der Waals surface area contributed by atoms with Crippen LogP contribution in [0.1, 0.15) is 40.0 Å². The van der Waals surface area contributed by atoms with Gasteiger partial charge in [-0.05, 0) is 45.9 Å². The van der Waals surface area contributed by atoms with Crippen LogP contribution in [0, 0.1) is 0 Å². The molecule has 0 aliphatic heterocycles. The molecule has 0 aliphatic rings. The number of nitrogens with one attached hydrogen (secondary N) is 1. The van der Waals surface area contributed by atoms with Crippen LogP contribution in [0.15, 0.2) is 0 Å². The maximum atomic E-state index is 11.7. The summed E-state index contributed by atoms with van der Waals surface area (Å²) in [5, 5.41) is 3.30. The van der Waals surface area contributed by atoms with Gasteiger partial charge in [-0.15, -0.1) is 0 Å². The van der Waals surface area contributed by atoms with Crippen molar-refractivity contribution >= 4 is 17.7 Å². The summed E-state index contributed by atoms with van der Waals surface area (Å²) < 4.78 is 0. The minimum absolute atomic E-state index is 0.278. The first-order valence-electron chi connectivity index (χ1n) is 6.72. The van der Waals surface area contributed by atoms with Crippen molar-refractivity contribution in [2.24, 2.45) is 0 Å².